The summed E-state index contributed by atoms with van der Waals surface area (Å²) in [6.07, 6.45) is 2.89. The van der Waals surface area contributed by atoms with E-state index in [-0.39, 0.29) is 22.4 Å². The molecule has 0 aliphatic heterocycles. The second kappa shape index (κ2) is 6.48. The minimum atomic E-state index is -1.02. The summed E-state index contributed by atoms with van der Waals surface area (Å²) in [7, 11) is 1.47. The van der Waals surface area contributed by atoms with Gasteiger partial charge in [0.15, 0.2) is 5.78 Å². The Morgan fingerprint density at radius 2 is 1.80 bits per heavy atom. The average Bonchev–Trinajstić information content (AvgIpc) is 3.12. The van der Waals surface area contributed by atoms with Gasteiger partial charge in [0.05, 0.1) is 35.7 Å². The van der Waals surface area contributed by atoms with Crippen molar-refractivity contribution >= 4 is 11.8 Å². The normalized spacial score (nSPS) is 10.4. The molecule has 0 bridgehead atoms. The number of carboxylic acids is 1. The van der Waals surface area contributed by atoms with Crippen molar-refractivity contribution in [1.82, 2.24) is 9.78 Å². The zero-order valence-corrected chi connectivity index (χ0v) is 13.2. The lowest BCUT2D eigenvalue weighted by Gasteiger charge is -2.05. The third-order valence-corrected chi connectivity index (χ3v) is 3.67. The van der Waals surface area contributed by atoms with Crippen LogP contribution in [0.1, 0.15) is 26.3 Å². The molecule has 2 N–H and O–H groups in total. The Morgan fingerprint density at radius 1 is 1.08 bits per heavy atom. The number of nitrogens with zero attached hydrogens (tertiary/aromatic N) is 2. The molecule has 2 aromatic carbocycles. The Hall–Kier alpha value is -3.61. The van der Waals surface area contributed by atoms with Crippen molar-refractivity contribution < 1.29 is 24.5 Å². The van der Waals surface area contributed by atoms with Crippen molar-refractivity contribution in [2.24, 2.45) is 0 Å². The Labute approximate surface area is 142 Å². The van der Waals surface area contributed by atoms with Crippen LogP contribution in [0.2, 0.25) is 0 Å². The Morgan fingerprint density at radius 3 is 2.44 bits per heavy atom. The van der Waals surface area contributed by atoms with Crippen molar-refractivity contribution in [3.8, 4) is 17.2 Å². The number of benzene rings is 2. The molecule has 0 saturated heterocycles. The minimum Gasteiger partial charge on any atom is -0.507 e. The molecule has 7 nitrogen and oxygen atoms in total. The van der Waals surface area contributed by atoms with Gasteiger partial charge in [0, 0.05) is 6.20 Å². The molecular formula is C18H14N2O5. The van der Waals surface area contributed by atoms with Crippen LogP contribution in [-0.4, -0.2) is 38.9 Å². The smallest absolute Gasteiger partial charge is 0.335 e. The second-order valence-electron chi connectivity index (χ2n) is 5.24. The van der Waals surface area contributed by atoms with Crippen LogP contribution >= 0.6 is 0 Å². The molecular weight excluding hydrogens is 324 g/mol. The van der Waals surface area contributed by atoms with Crippen LogP contribution in [0.3, 0.4) is 0 Å². The summed E-state index contributed by atoms with van der Waals surface area (Å²) in [5.41, 5.74) is 1.17. The highest BCUT2D eigenvalue weighted by Gasteiger charge is 2.17. The topological polar surface area (TPSA) is 102 Å². The quantitative estimate of drug-likeness (QED) is 0.693. The van der Waals surface area contributed by atoms with Gasteiger partial charge < -0.3 is 14.9 Å². The van der Waals surface area contributed by atoms with Crippen LogP contribution in [0.4, 0.5) is 0 Å². The van der Waals surface area contributed by atoms with Gasteiger partial charge in [0.25, 0.3) is 0 Å². The Balaban J connectivity index is 1.90. The van der Waals surface area contributed by atoms with E-state index in [4.69, 9.17) is 9.84 Å². The van der Waals surface area contributed by atoms with E-state index < -0.39 is 11.8 Å². The zero-order valence-electron chi connectivity index (χ0n) is 13.2. The molecule has 3 rings (SSSR count). The van der Waals surface area contributed by atoms with E-state index in [0.717, 1.165) is 0 Å². The SMILES string of the molecule is COc1ccc(O)c(C(=O)c2cnn(-c3ccc(C(=O)O)cc3)c2)c1. The molecule has 0 radical (unpaired) electrons. The van der Waals surface area contributed by atoms with Crippen LogP contribution in [0.5, 0.6) is 11.5 Å². The van der Waals surface area contributed by atoms with Gasteiger partial charge in [-0.25, -0.2) is 9.48 Å². The Kier molecular flexibility index (Phi) is 4.21. The van der Waals surface area contributed by atoms with Crippen LogP contribution < -0.4 is 4.74 Å². The maximum Gasteiger partial charge on any atom is 0.335 e. The van der Waals surface area contributed by atoms with E-state index in [2.05, 4.69) is 5.10 Å². The third kappa shape index (κ3) is 3.20. The predicted molar refractivity (Wildman–Crippen MR) is 88.6 cm³/mol. The van der Waals surface area contributed by atoms with Gasteiger partial charge in [-0.15, -0.1) is 0 Å². The maximum atomic E-state index is 12.6. The number of phenols is 1. The number of ether oxygens (including phenoxy) is 1. The van der Waals surface area contributed by atoms with Gasteiger partial charge >= 0.3 is 5.97 Å². The first kappa shape index (κ1) is 16.3. The monoisotopic (exact) mass is 338 g/mol. The number of carbonyl (C=O) groups is 2. The van der Waals surface area contributed by atoms with E-state index in [1.165, 1.54) is 48.5 Å². The van der Waals surface area contributed by atoms with Crippen LogP contribution in [0, 0.1) is 0 Å². The summed E-state index contributed by atoms with van der Waals surface area (Å²) >= 11 is 0. The first-order chi connectivity index (χ1) is 12.0. The van der Waals surface area contributed by atoms with Crippen LogP contribution in [-0.2, 0) is 0 Å². The number of ketones is 1. The average molecular weight is 338 g/mol. The van der Waals surface area contributed by atoms with Crippen LogP contribution in [0.25, 0.3) is 5.69 Å². The number of phenolic OH excluding ortho intramolecular Hbond substituents is 1. The molecule has 1 aromatic heterocycles. The molecule has 0 aliphatic rings. The lowest BCUT2D eigenvalue weighted by molar-refractivity contribution is 0.0696. The molecule has 0 fully saturated rings. The van der Waals surface area contributed by atoms with E-state index in [1.54, 1.807) is 18.2 Å². The minimum absolute atomic E-state index is 0.111. The fraction of sp³-hybridized carbons (Fsp3) is 0.0556. The van der Waals surface area contributed by atoms with Gasteiger partial charge in [-0.3, -0.25) is 4.79 Å². The van der Waals surface area contributed by atoms with E-state index in [1.807, 2.05) is 0 Å². The van der Waals surface area contributed by atoms with Gasteiger partial charge in [0.1, 0.15) is 11.5 Å². The number of carbonyl (C=O) groups excluding carboxylic acids is 1. The summed E-state index contributed by atoms with van der Waals surface area (Å²) in [5.74, 6) is -1.11. The lowest BCUT2D eigenvalue weighted by Crippen LogP contribution is -2.01. The lowest BCUT2D eigenvalue weighted by atomic mass is 10.1. The molecule has 25 heavy (non-hydrogen) atoms. The molecule has 0 amide bonds. The summed E-state index contributed by atoms with van der Waals surface area (Å²) in [4.78, 5) is 23.5. The summed E-state index contributed by atoms with van der Waals surface area (Å²) in [6.45, 7) is 0. The first-order valence-corrected chi connectivity index (χ1v) is 7.29. The fourth-order valence-corrected chi connectivity index (χ4v) is 2.32. The highest BCUT2D eigenvalue weighted by Crippen LogP contribution is 2.25. The highest BCUT2D eigenvalue weighted by molar-refractivity contribution is 6.10. The molecule has 126 valence electrons. The summed E-state index contributed by atoms with van der Waals surface area (Å²) < 4.78 is 6.52. The number of aromatic carboxylic acids is 1. The molecule has 0 spiro atoms. The van der Waals surface area contributed by atoms with Crippen LogP contribution in [0.15, 0.2) is 54.9 Å². The van der Waals surface area contributed by atoms with Crippen molar-refractivity contribution in [2.75, 3.05) is 7.11 Å². The first-order valence-electron chi connectivity index (χ1n) is 7.29. The number of methoxy groups -OCH3 is 1. The van der Waals surface area contributed by atoms with E-state index in [0.29, 0.717) is 11.4 Å². The molecule has 0 atom stereocenters. The third-order valence-electron chi connectivity index (χ3n) is 3.67. The van der Waals surface area contributed by atoms with Crippen molar-refractivity contribution in [3.05, 3.63) is 71.5 Å². The van der Waals surface area contributed by atoms with Gasteiger partial charge in [-0.1, -0.05) is 0 Å². The number of hydrogen-bond donors (Lipinski definition) is 2. The Bertz CT molecular complexity index is 944. The predicted octanol–water partition coefficient (Wildman–Crippen LogP) is 2.52. The summed E-state index contributed by atoms with van der Waals surface area (Å²) in [6, 6.07) is 10.5. The van der Waals surface area contributed by atoms with Gasteiger partial charge in [-0.2, -0.15) is 5.10 Å². The molecule has 1 heterocycles. The molecule has 3 aromatic rings. The standard InChI is InChI=1S/C18H14N2O5/c1-25-14-6-7-16(21)15(8-14)17(22)12-9-19-20(10-12)13-4-2-11(3-5-13)18(23)24/h2-10,21H,1H3,(H,23,24). The van der Waals surface area contributed by atoms with E-state index >= 15 is 0 Å². The number of aromatic nitrogens is 2. The van der Waals surface area contributed by atoms with Crippen molar-refractivity contribution in [1.29, 1.82) is 0 Å². The highest BCUT2D eigenvalue weighted by atomic mass is 16.5. The molecule has 7 heteroatoms. The molecule has 0 unspecified atom stereocenters. The number of aromatic hydroxyl groups is 1. The largest absolute Gasteiger partial charge is 0.507 e. The second-order valence-corrected chi connectivity index (χ2v) is 5.24. The zero-order chi connectivity index (χ0) is 18.0. The van der Waals surface area contributed by atoms with E-state index in [9.17, 15) is 14.7 Å². The van der Waals surface area contributed by atoms with Crippen molar-refractivity contribution in [3.63, 3.8) is 0 Å². The number of carboxylic acid groups (broad SMARTS) is 1. The molecule has 0 saturated carbocycles. The number of rotatable bonds is 5. The summed E-state index contributed by atoms with van der Waals surface area (Å²) in [5, 5.41) is 22.9. The van der Waals surface area contributed by atoms with Gasteiger partial charge in [-0.05, 0) is 42.5 Å². The van der Waals surface area contributed by atoms with Crippen molar-refractivity contribution in [2.45, 2.75) is 0 Å². The number of hydrogen-bond acceptors (Lipinski definition) is 5. The maximum absolute atomic E-state index is 12.6. The fourth-order valence-electron chi connectivity index (χ4n) is 2.32. The van der Waals surface area contributed by atoms with Gasteiger partial charge in [0.2, 0.25) is 0 Å². The molecule has 0 aliphatic carbocycles.